The number of halogens is 1. The van der Waals surface area contributed by atoms with Crippen molar-refractivity contribution in [2.45, 2.75) is 19.4 Å². The minimum atomic E-state index is 0.0395. The number of ether oxygens (including phenoxy) is 4. The fraction of sp³-hybridized carbons (Fsp3) is 0.435. The van der Waals surface area contributed by atoms with E-state index >= 15 is 0 Å². The molecule has 0 bridgehead atoms. The summed E-state index contributed by atoms with van der Waals surface area (Å²) in [5.74, 6) is 3.05. The predicted octanol–water partition coefficient (Wildman–Crippen LogP) is 4.33. The van der Waals surface area contributed by atoms with Crippen LogP contribution < -0.4 is 18.9 Å². The molecule has 0 aliphatic carbocycles. The van der Waals surface area contributed by atoms with Gasteiger partial charge in [-0.3, -0.25) is 9.69 Å². The molecule has 6 nitrogen and oxygen atoms in total. The fourth-order valence-corrected chi connectivity index (χ4v) is 4.49. The zero-order chi connectivity index (χ0) is 21.1. The van der Waals surface area contributed by atoms with Gasteiger partial charge in [0.1, 0.15) is 13.2 Å². The van der Waals surface area contributed by atoms with Crippen LogP contribution >= 0.6 is 15.9 Å². The summed E-state index contributed by atoms with van der Waals surface area (Å²) >= 11 is 3.64. The number of fused-ring (bicyclic) bond motifs is 1. The first-order valence-corrected chi connectivity index (χ1v) is 10.9. The number of hydrogen-bond donors (Lipinski definition) is 0. The van der Waals surface area contributed by atoms with Gasteiger partial charge in [-0.2, -0.15) is 0 Å². The van der Waals surface area contributed by atoms with E-state index in [4.69, 9.17) is 18.9 Å². The Morgan fingerprint density at radius 2 is 1.70 bits per heavy atom. The average Bonchev–Trinajstić information content (AvgIpc) is 2.79. The second kappa shape index (κ2) is 9.27. The number of methoxy groups -OCH3 is 2. The van der Waals surface area contributed by atoms with E-state index in [-0.39, 0.29) is 11.7 Å². The first-order chi connectivity index (χ1) is 14.6. The Hall–Kier alpha value is -2.25. The number of rotatable bonds is 6. The van der Waals surface area contributed by atoms with E-state index in [0.717, 1.165) is 48.3 Å². The molecule has 1 saturated heterocycles. The van der Waals surface area contributed by atoms with Crippen molar-refractivity contribution in [3.05, 3.63) is 45.9 Å². The second-order valence-corrected chi connectivity index (χ2v) is 8.43. The Bertz CT molecular complexity index is 924. The zero-order valence-electron chi connectivity index (χ0n) is 17.3. The van der Waals surface area contributed by atoms with Crippen LogP contribution in [0.2, 0.25) is 0 Å². The van der Waals surface area contributed by atoms with E-state index in [2.05, 4.69) is 20.8 Å². The summed E-state index contributed by atoms with van der Waals surface area (Å²) < 4.78 is 23.0. The molecule has 4 rings (SSSR count). The highest BCUT2D eigenvalue weighted by molar-refractivity contribution is 9.10. The number of hydrogen-bond acceptors (Lipinski definition) is 6. The Labute approximate surface area is 185 Å². The first kappa shape index (κ1) is 21.0. The van der Waals surface area contributed by atoms with Crippen LogP contribution in [0.1, 0.15) is 28.8 Å². The number of piperidine rings is 1. The molecule has 2 heterocycles. The lowest BCUT2D eigenvalue weighted by atomic mass is 9.88. The predicted molar refractivity (Wildman–Crippen MR) is 117 cm³/mol. The van der Waals surface area contributed by atoms with Gasteiger partial charge in [0.15, 0.2) is 28.8 Å². The minimum absolute atomic E-state index is 0.0395. The number of nitrogens with zero attached hydrogens (tertiary/aromatic N) is 1. The Kier molecular flexibility index (Phi) is 6.49. The quantitative estimate of drug-likeness (QED) is 0.579. The highest BCUT2D eigenvalue weighted by atomic mass is 79.9. The van der Waals surface area contributed by atoms with Gasteiger partial charge in [-0.05, 0) is 61.8 Å². The van der Waals surface area contributed by atoms with Gasteiger partial charge in [0, 0.05) is 22.5 Å². The van der Waals surface area contributed by atoms with Crippen molar-refractivity contribution in [3.63, 3.8) is 0 Å². The van der Waals surface area contributed by atoms with Crippen LogP contribution in [0.5, 0.6) is 23.0 Å². The summed E-state index contributed by atoms with van der Waals surface area (Å²) in [4.78, 5) is 15.4. The van der Waals surface area contributed by atoms with Gasteiger partial charge in [-0.15, -0.1) is 0 Å². The van der Waals surface area contributed by atoms with Crippen molar-refractivity contribution < 1.29 is 23.7 Å². The molecule has 30 heavy (non-hydrogen) atoms. The summed E-state index contributed by atoms with van der Waals surface area (Å²) in [6.45, 7) is 3.62. The van der Waals surface area contributed by atoms with Crippen molar-refractivity contribution in [2.75, 3.05) is 40.5 Å². The molecule has 160 valence electrons. The van der Waals surface area contributed by atoms with Gasteiger partial charge in [0.2, 0.25) is 0 Å². The number of Topliss-reactive ketones (excluding diaryl/α,β-unsaturated/α-hetero) is 1. The molecule has 0 unspecified atom stereocenters. The van der Waals surface area contributed by atoms with Crippen molar-refractivity contribution in [3.8, 4) is 23.0 Å². The maximum atomic E-state index is 13.0. The van der Waals surface area contributed by atoms with Crippen molar-refractivity contribution in [1.29, 1.82) is 0 Å². The van der Waals surface area contributed by atoms with Crippen LogP contribution in [0.3, 0.4) is 0 Å². The lowest BCUT2D eigenvalue weighted by Crippen LogP contribution is -2.36. The van der Waals surface area contributed by atoms with Gasteiger partial charge in [0.05, 0.1) is 14.2 Å². The molecule has 2 aliphatic heterocycles. The molecule has 2 aromatic rings. The summed E-state index contributed by atoms with van der Waals surface area (Å²) in [5, 5.41) is 0. The normalized spacial score (nSPS) is 16.9. The molecule has 7 heteroatoms. The van der Waals surface area contributed by atoms with Gasteiger partial charge < -0.3 is 18.9 Å². The summed E-state index contributed by atoms with van der Waals surface area (Å²) in [7, 11) is 3.28. The Morgan fingerprint density at radius 3 is 2.40 bits per heavy atom. The number of carbonyl (C=O) groups is 1. The van der Waals surface area contributed by atoms with Crippen LogP contribution in [0.15, 0.2) is 34.8 Å². The van der Waals surface area contributed by atoms with Gasteiger partial charge in [-0.1, -0.05) is 15.9 Å². The van der Waals surface area contributed by atoms with E-state index < -0.39 is 0 Å². The Morgan fingerprint density at radius 1 is 1.03 bits per heavy atom. The zero-order valence-corrected chi connectivity index (χ0v) is 18.9. The van der Waals surface area contributed by atoms with Gasteiger partial charge in [-0.25, -0.2) is 0 Å². The smallest absolute Gasteiger partial charge is 0.166 e. The van der Waals surface area contributed by atoms with E-state index in [1.54, 1.807) is 14.2 Å². The van der Waals surface area contributed by atoms with Crippen molar-refractivity contribution >= 4 is 21.7 Å². The summed E-state index contributed by atoms with van der Waals surface area (Å²) in [5.41, 5.74) is 1.85. The SMILES string of the molecule is COc1cc(Br)c(CN2CCC(C(=O)c3ccc4c(c3)OCCO4)CC2)cc1OC. The number of carbonyl (C=O) groups excluding carboxylic acids is 1. The van der Waals surface area contributed by atoms with Crippen molar-refractivity contribution in [2.24, 2.45) is 5.92 Å². The molecule has 0 N–H and O–H groups in total. The van der Waals surface area contributed by atoms with Crippen LogP contribution in [0, 0.1) is 5.92 Å². The van der Waals surface area contributed by atoms with E-state index in [1.807, 2.05) is 30.3 Å². The van der Waals surface area contributed by atoms with Crippen LogP contribution in [-0.2, 0) is 6.54 Å². The molecule has 0 aromatic heterocycles. The monoisotopic (exact) mass is 475 g/mol. The summed E-state index contributed by atoms with van der Waals surface area (Å²) in [6, 6.07) is 9.46. The van der Waals surface area contributed by atoms with Gasteiger partial charge >= 0.3 is 0 Å². The van der Waals surface area contributed by atoms with Gasteiger partial charge in [0.25, 0.3) is 0 Å². The molecule has 0 atom stereocenters. The average molecular weight is 476 g/mol. The largest absolute Gasteiger partial charge is 0.493 e. The van der Waals surface area contributed by atoms with Crippen LogP contribution in [0.4, 0.5) is 0 Å². The highest BCUT2D eigenvalue weighted by Gasteiger charge is 2.27. The first-order valence-electron chi connectivity index (χ1n) is 10.2. The molecule has 2 aliphatic rings. The van der Waals surface area contributed by atoms with Crippen molar-refractivity contribution in [1.82, 2.24) is 4.90 Å². The van der Waals surface area contributed by atoms with Crippen LogP contribution in [0.25, 0.3) is 0 Å². The summed E-state index contributed by atoms with van der Waals surface area (Å²) in [6.07, 6.45) is 1.69. The molecule has 0 radical (unpaired) electrons. The van der Waals surface area contributed by atoms with E-state index in [1.165, 1.54) is 0 Å². The second-order valence-electron chi connectivity index (χ2n) is 7.57. The molecular weight excluding hydrogens is 450 g/mol. The lowest BCUT2D eigenvalue weighted by molar-refractivity contribution is 0.0833. The molecule has 0 saturated carbocycles. The lowest BCUT2D eigenvalue weighted by Gasteiger charge is -2.31. The molecule has 2 aromatic carbocycles. The maximum absolute atomic E-state index is 13.0. The number of ketones is 1. The maximum Gasteiger partial charge on any atom is 0.166 e. The standard InChI is InChI=1S/C23H26BrNO5/c1-27-20-12-17(18(24)13-21(20)28-2)14-25-7-5-15(6-8-25)23(26)16-3-4-19-22(11-16)30-10-9-29-19/h3-4,11-13,15H,5-10,14H2,1-2H3. The Balaban J connectivity index is 1.38. The number of likely N-dealkylation sites (tertiary alicyclic amines) is 1. The molecule has 0 amide bonds. The third-order valence-corrected chi connectivity index (χ3v) is 6.47. The van der Waals surface area contributed by atoms with Crippen LogP contribution in [-0.4, -0.2) is 51.2 Å². The minimum Gasteiger partial charge on any atom is -0.493 e. The third-order valence-electron chi connectivity index (χ3n) is 5.73. The number of benzene rings is 2. The molecule has 1 fully saturated rings. The highest BCUT2D eigenvalue weighted by Crippen LogP contribution is 2.35. The molecular formula is C23H26BrNO5. The topological polar surface area (TPSA) is 57.2 Å². The third kappa shape index (κ3) is 4.42. The van der Waals surface area contributed by atoms with E-state index in [9.17, 15) is 4.79 Å². The van der Waals surface area contributed by atoms with E-state index in [0.29, 0.717) is 36.0 Å². The molecule has 0 spiro atoms. The fourth-order valence-electron chi connectivity index (χ4n) is 4.04.